The van der Waals surface area contributed by atoms with Crippen LogP contribution in [0.3, 0.4) is 0 Å². The summed E-state index contributed by atoms with van der Waals surface area (Å²) in [4.78, 5) is 37.9. The number of likely N-dealkylation sites (tertiary alicyclic amines) is 1. The summed E-state index contributed by atoms with van der Waals surface area (Å²) in [7, 11) is 0. The van der Waals surface area contributed by atoms with Crippen molar-refractivity contribution in [3.63, 3.8) is 0 Å². The van der Waals surface area contributed by atoms with E-state index >= 15 is 0 Å². The topological polar surface area (TPSA) is 139 Å². The standard InChI is InChI=1S/C21H20ClF3N4O2.CH2O2/c22-17-4-2-1-3-15(17)19(31)29-9-7-12(8-10-29)14-6-5-13(18(30)28-20(26)27)11-16(14)21(23,24)25;2-1-3/h1-6,11-12H,7-10H2,(H4,26,27,28,30);1H,(H,2,3). The number of halogens is 4. The van der Waals surface area contributed by atoms with Gasteiger partial charge in [-0.3, -0.25) is 14.4 Å². The molecule has 12 heteroatoms. The summed E-state index contributed by atoms with van der Waals surface area (Å²) < 4.78 is 41.1. The number of hydrogen-bond donors (Lipinski definition) is 3. The van der Waals surface area contributed by atoms with E-state index in [1.807, 2.05) is 0 Å². The van der Waals surface area contributed by atoms with Crippen LogP contribution in [0.1, 0.15) is 50.6 Å². The third kappa shape index (κ3) is 6.70. The van der Waals surface area contributed by atoms with Gasteiger partial charge >= 0.3 is 6.18 Å². The number of rotatable bonds is 3. The number of carbonyl (C=O) groups is 3. The van der Waals surface area contributed by atoms with E-state index < -0.39 is 29.5 Å². The summed E-state index contributed by atoms with van der Waals surface area (Å²) in [6.07, 6.45) is -3.96. The summed E-state index contributed by atoms with van der Waals surface area (Å²) in [5.41, 5.74) is 9.56. The molecule has 0 bridgehead atoms. The predicted molar refractivity (Wildman–Crippen MR) is 120 cm³/mol. The van der Waals surface area contributed by atoms with Gasteiger partial charge in [0.2, 0.25) is 0 Å². The number of hydrogen-bond acceptors (Lipinski definition) is 3. The van der Waals surface area contributed by atoms with Crippen LogP contribution < -0.4 is 11.5 Å². The van der Waals surface area contributed by atoms with Crippen LogP contribution in [0, 0.1) is 0 Å². The molecule has 0 spiro atoms. The maximum absolute atomic E-state index is 13.7. The molecule has 0 atom stereocenters. The lowest BCUT2D eigenvalue weighted by molar-refractivity contribution is -0.138. The molecule has 5 N–H and O–H groups in total. The van der Waals surface area contributed by atoms with Crippen LogP contribution >= 0.6 is 11.6 Å². The Labute approximate surface area is 198 Å². The summed E-state index contributed by atoms with van der Waals surface area (Å²) in [6, 6.07) is 9.98. The van der Waals surface area contributed by atoms with Crippen molar-refractivity contribution < 1.29 is 32.7 Å². The monoisotopic (exact) mass is 498 g/mol. The van der Waals surface area contributed by atoms with E-state index in [4.69, 9.17) is 33.0 Å². The maximum Gasteiger partial charge on any atom is 0.416 e. The fourth-order valence-corrected chi connectivity index (χ4v) is 3.89. The van der Waals surface area contributed by atoms with E-state index in [9.17, 15) is 22.8 Å². The lowest BCUT2D eigenvalue weighted by atomic mass is 9.85. The Bertz CT molecular complexity index is 1080. The molecule has 1 fully saturated rings. The second kappa shape index (κ2) is 11.5. The maximum atomic E-state index is 13.7. The molecular weight excluding hydrogens is 477 g/mol. The normalized spacial score (nSPS) is 13.9. The zero-order chi connectivity index (χ0) is 25.5. The first-order valence-electron chi connectivity index (χ1n) is 9.96. The molecule has 1 saturated heterocycles. The fourth-order valence-electron chi connectivity index (χ4n) is 3.67. The number of alkyl halides is 3. The van der Waals surface area contributed by atoms with Gasteiger partial charge in [0.25, 0.3) is 18.3 Å². The molecule has 0 radical (unpaired) electrons. The molecule has 2 aromatic carbocycles. The minimum atomic E-state index is -4.66. The van der Waals surface area contributed by atoms with Gasteiger partial charge in [-0.05, 0) is 48.6 Å². The predicted octanol–water partition coefficient (Wildman–Crippen LogP) is 3.49. The Kier molecular flexibility index (Phi) is 9.02. The third-order valence-electron chi connectivity index (χ3n) is 5.16. The molecule has 2 aromatic rings. The molecule has 182 valence electrons. The van der Waals surface area contributed by atoms with Crippen molar-refractivity contribution in [1.29, 1.82) is 0 Å². The van der Waals surface area contributed by atoms with Crippen LogP contribution in [-0.2, 0) is 11.0 Å². The number of benzene rings is 2. The van der Waals surface area contributed by atoms with Crippen LogP contribution in [0.5, 0.6) is 0 Å². The molecule has 0 unspecified atom stereocenters. The molecule has 0 aliphatic carbocycles. The molecule has 2 amide bonds. The lowest BCUT2D eigenvalue weighted by Gasteiger charge is -2.33. The third-order valence-corrected chi connectivity index (χ3v) is 5.49. The summed E-state index contributed by atoms with van der Waals surface area (Å²) in [5.74, 6) is -2.15. The van der Waals surface area contributed by atoms with Gasteiger partial charge in [-0.25, -0.2) is 0 Å². The van der Waals surface area contributed by atoms with E-state index in [-0.39, 0.29) is 23.5 Å². The van der Waals surface area contributed by atoms with Gasteiger partial charge in [0.05, 0.1) is 16.1 Å². The van der Waals surface area contributed by atoms with Gasteiger partial charge < -0.3 is 21.5 Å². The van der Waals surface area contributed by atoms with Crippen molar-refractivity contribution in [2.24, 2.45) is 16.5 Å². The van der Waals surface area contributed by atoms with Gasteiger partial charge in [-0.2, -0.15) is 18.2 Å². The second-order valence-electron chi connectivity index (χ2n) is 7.29. The number of carbonyl (C=O) groups excluding carboxylic acids is 2. The minimum Gasteiger partial charge on any atom is -0.483 e. The summed E-state index contributed by atoms with van der Waals surface area (Å²) >= 11 is 6.08. The van der Waals surface area contributed by atoms with E-state index in [2.05, 4.69) is 4.99 Å². The first-order valence-corrected chi connectivity index (χ1v) is 10.3. The highest BCUT2D eigenvalue weighted by molar-refractivity contribution is 6.33. The molecule has 1 heterocycles. The van der Waals surface area contributed by atoms with Crippen LogP contribution in [0.4, 0.5) is 13.2 Å². The largest absolute Gasteiger partial charge is 0.483 e. The number of nitrogens with two attached hydrogens (primary N) is 2. The average molecular weight is 499 g/mol. The van der Waals surface area contributed by atoms with Crippen molar-refractivity contribution in [3.05, 3.63) is 69.7 Å². The number of piperidine rings is 1. The number of carboxylic acid groups (broad SMARTS) is 1. The Morgan fingerprint density at radius 3 is 2.24 bits per heavy atom. The summed E-state index contributed by atoms with van der Waals surface area (Å²) in [5, 5.41) is 7.22. The molecule has 0 saturated carbocycles. The van der Waals surface area contributed by atoms with Gasteiger partial charge in [-0.15, -0.1) is 0 Å². The molecule has 8 nitrogen and oxygen atoms in total. The Morgan fingerprint density at radius 1 is 1.12 bits per heavy atom. The zero-order valence-corrected chi connectivity index (χ0v) is 18.5. The van der Waals surface area contributed by atoms with Crippen molar-refractivity contribution in [2.45, 2.75) is 24.9 Å². The molecule has 0 aromatic heterocycles. The molecule has 3 rings (SSSR count). The Balaban J connectivity index is 0.00000129. The second-order valence-corrected chi connectivity index (χ2v) is 7.70. The van der Waals surface area contributed by atoms with Crippen molar-refractivity contribution in [2.75, 3.05) is 13.1 Å². The van der Waals surface area contributed by atoms with E-state index in [1.54, 1.807) is 29.2 Å². The minimum absolute atomic E-state index is 0.0820. The summed E-state index contributed by atoms with van der Waals surface area (Å²) in [6.45, 7) is 0.335. The highest BCUT2D eigenvalue weighted by Crippen LogP contribution is 2.39. The zero-order valence-electron chi connectivity index (χ0n) is 17.8. The number of guanidine groups is 1. The Morgan fingerprint density at radius 2 is 1.71 bits per heavy atom. The van der Waals surface area contributed by atoms with Crippen LogP contribution in [-0.4, -0.2) is 47.3 Å². The van der Waals surface area contributed by atoms with Gasteiger partial charge in [0.15, 0.2) is 5.96 Å². The van der Waals surface area contributed by atoms with Crippen LogP contribution in [0.2, 0.25) is 5.02 Å². The van der Waals surface area contributed by atoms with Crippen LogP contribution in [0.25, 0.3) is 0 Å². The molecule has 34 heavy (non-hydrogen) atoms. The average Bonchev–Trinajstić information content (AvgIpc) is 2.78. The lowest BCUT2D eigenvalue weighted by Crippen LogP contribution is -2.38. The number of nitrogens with zero attached hydrogens (tertiary/aromatic N) is 2. The Hall–Kier alpha value is -3.60. The first kappa shape index (κ1) is 26.7. The molecule has 1 aliphatic rings. The molecule has 1 aliphatic heterocycles. The van der Waals surface area contributed by atoms with Crippen molar-refractivity contribution in [1.82, 2.24) is 4.90 Å². The van der Waals surface area contributed by atoms with Crippen molar-refractivity contribution >= 4 is 35.8 Å². The highest BCUT2D eigenvalue weighted by Gasteiger charge is 2.37. The quantitative estimate of drug-likeness (QED) is 0.336. The smallest absolute Gasteiger partial charge is 0.416 e. The van der Waals surface area contributed by atoms with E-state index in [0.717, 1.165) is 6.07 Å². The van der Waals surface area contributed by atoms with Gasteiger partial charge in [-0.1, -0.05) is 29.8 Å². The van der Waals surface area contributed by atoms with Gasteiger partial charge in [0, 0.05) is 18.7 Å². The number of amides is 2. The number of aliphatic imine (C=N–C) groups is 1. The van der Waals surface area contributed by atoms with Gasteiger partial charge in [0.1, 0.15) is 0 Å². The van der Waals surface area contributed by atoms with Crippen molar-refractivity contribution in [3.8, 4) is 0 Å². The highest BCUT2D eigenvalue weighted by atomic mass is 35.5. The van der Waals surface area contributed by atoms with E-state index in [1.165, 1.54) is 12.1 Å². The van der Waals surface area contributed by atoms with Crippen LogP contribution in [0.15, 0.2) is 47.5 Å². The fraction of sp³-hybridized carbons (Fsp3) is 0.273. The first-order chi connectivity index (χ1) is 16.0. The van der Waals surface area contributed by atoms with E-state index in [0.29, 0.717) is 36.5 Å². The SMILES string of the molecule is NC(N)=NC(=O)c1ccc(C2CCN(C(=O)c3ccccc3Cl)CC2)c(C(F)(F)F)c1.O=CO. The molecular formula is C22H22ClF3N4O4.